The predicted octanol–water partition coefficient (Wildman–Crippen LogP) is 13.4. The van der Waals surface area contributed by atoms with Gasteiger partial charge in [-0.1, -0.05) is 131 Å². The Morgan fingerprint density at radius 2 is 1.25 bits per heavy atom. The lowest BCUT2D eigenvalue weighted by Crippen LogP contribution is -2.57. The zero-order chi connectivity index (χ0) is 99.1. The molecule has 8 aromatic rings. The van der Waals surface area contributed by atoms with Crippen molar-refractivity contribution in [2.75, 3.05) is 102 Å². The molecule has 2 aliphatic carbocycles. The third-order valence-electron chi connectivity index (χ3n) is 28.5. The molecule has 0 unspecified atom stereocenters. The average molecular weight is 2010 g/mol. The Morgan fingerprint density at radius 1 is 0.571 bits per heavy atom. The highest BCUT2D eigenvalue weighted by atomic mass is 32.2. The van der Waals surface area contributed by atoms with E-state index in [0.29, 0.717) is 122 Å². The molecule has 7 aliphatic heterocycles. The smallest absolute Gasteiger partial charge is 0.318 e. The normalized spacial score (nSPS) is 18.2. The molecule has 140 heavy (non-hydrogen) atoms. The fourth-order valence-electron chi connectivity index (χ4n) is 21.5. The molecule has 9 aliphatic rings. The van der Waals surface area contributed by atoms with Gasteiger partial charge in [-0.3, -0.25) is 37.0 Å². The Balaban J connectivity index is 0.559. The minimum absolute atomic E-state index is 0.00782. The Labute approximate surface area is 815 Å². The summed E-state index contributed by atoms with van der Waals surface area (Å²) in [6.07, 6.45) is 17.5. The van der Waals surface area contributed by atoms with E-state index < -0.39 is 117 Å². The molecule has 0 spiro atoms. The van der Waals surface area contributed by atoms with Gasteiger partial charge < -0.3 is 50.4 Å². The molecule has 1 saturated carbocycles. The van der Waals surface area contributed by atoms with E-state index in [1.807, 2.05) is 117 Å². The second-order valence-corrected chi connectivity index (χ2v) is 45.7. The summed E-state index contributed by atoms with van der Waals surface area (Å²) in [6.45, 7) is 12.9. The Morgan fingerprint density at radius 3 is 1.98 bits per heavy atom. The van der Waals surface area contributed by atoms with E-state index in [0.717, 1.165) is 110 Å². The van der Waals surface area contributed by atoms with Crippen LogP contribution in [0.1, 0.15) is 140 Å². The van der Waals surface area contributed by atoms with Gasteiger partial charge in [-0.05, 0) is 166 Å². The zero-order valence-electron chi connectivity index (χ0n) is 78.9. The molecule has 2 atom stereocenters. The van der Waals surface area contributed by atoms with Gasteiger partial charge in [0.2, 0.25) is 50.4 Å². The van der Waals surface area contributed by atoms with E-state index in [-0.39, 0.29) is 103 Å². The summed E-state index contributed by atoms with van der Waals surface area (Å²) in [5.41, 5.74) is 9.96. The summed E-state index contributed by atoms with van der Waals surface area (Å²) >= 11 is 0. The quantitative estimate of drug-likeness (QED) is 0.00485. The van der Waals surface area contributed by atoms with Crippen LogP contribution in [-0.2, 0) is 102 Å². The van der Waals surface area contributed by atoms with Gasteiger partial charge >= 0.3 is 6.03 Å². The van der Waals surface area contributed by atoms with Crippen LogP contribution in [0.3, 0.4) is 0 Å². The molecule has 8 aromatic carbocycles. The van der Waals surface area contributed by atoms with Crippen LogP contribution in [0.5, 0.6) is 0 Å². The number of sulfonamides is 1. The minimum Gasteiger partial charge on any atom is -0.456 e. The fourth-order valence-corrected chi connectivity index (χ4v) is 26.0. The number of piperidine rings is 1. The van der Waals surface area contributed by atoms with Crippen LogP contribution in [0.25, 0.3) is 55.0 Å². The molecule has 7 heterocycles. The van der Waals surface area contributed by atoms with Crippen LogP contribution in [0, 0.1) is 11.8 Å². The first kappa shape index (κ1) is 99.7. The van der Waals surface area contributed by atoms with Crippen LogP contribution in [0.4, 0.5) is 33.2 Å². The third kappa shape index (κ3) is 20.4. The van der Waals surface area contributed by atoms with E-state index >= 15 is 8.42 Å². The number of ether oxygens (including phenoxy) is 1. The number of rotatable bonds is 32. The molecule has 2 saturated heterocycles. The molecule has 738 valence electrons. The number of carbonyl (C=O) groups is 5. The van der Waals surface area contributed by atoms with Crippen molar-refractivity contribution in [2.45, 2.75) is 178 Å². The number of hydrogen-bond donors (Lipinski definition) is 8. The van der Waals surface area contributed by atoms with E-state index in [1.54, 1.807) is 47.4 Å². The highest BCUT2D eigenvalue weighted by Crippen LogP contribution is 2.54. The first-order valence-corrected chi connectivity index (χ1v) is 54.8. The van der Waals surface area contributed by atoms with Crippen molar-refractivity contribution in [1.29, 1.82) is 0 Å². The van der Waals surface area contributed by atoms with Crippen LogP contribution in [0.2, 0.25) is 0 Å². The number of unbranched alkanes of at least 4 members (excludes halogenated alkanes) is 2. The van der Waals surface area contributed by atoms with Crippen molar-refractivity contribution in [3.63, 3.8) is 0 Å². The number of carbonyl (C=O) groups excluding carboxylic acids is 5. The number of anilines is 3. The van der Waals surface area contributed by atoms with Gasteiger partial charge in [0.25, 0.3) is 40.5 Å². The number of hydrogen-bond acceptors (Lipinski definition) is 20. The first-order valence-electron chi connectivity index (χ1n) is 47.7. The van der Waals surface area contributed by atoms with Gasteiger partial charge in [-0.2, -0.15) is 47.1 Å². The maximum absolute atomic E-state index is 15.4. The van der Waals surface area contributed by atoms with Gasteiger partial charge in [0, 0.05) is 180 Å². The molecule has 3 fully saturated rings. The van der Waals surface area contributed by atoms with E-state index in [9.17, 15) is 71.3 Å². The van der Waals surface area contributed by atoms with E-state index in [4.69, 9.17) is 13.3 Å². The molecular formula is C103H117N11O21S5+2. The molecule has 0 radical (unpaired) electrons. The number of allylic oxidation sites excluding steroid dienone is 6. The highest BCUT2D eigenvalue weighted by Gasteiger charge is 2.48. The van der Waals surface area contributed by atoms with E-state index in [2.05, 4.69) is 72.5 Å². The zero-order valence-corrected chi connectivity index (χ0v) is 83.0. The van der Waals surface area contributed by atoms with Crippen LogP contribution in [-0.4, -0.2) is 209 Å². The number of benzene rings is 9. The van der Waals surface area contributed by atoms with Gasteiger partial charge in [0.1, 0.15) is 39.8 Å². The average Bonchev–Trinajstić information content (AvgIpc) is 1.51. The van der Waals surface area contributed by atoms with Gasteiger partial charge in [0.15, 0.2) is 12.3 Å². The van der Waals surface area contributed by atoms with Crippen molar-refractivity contribution in [3.05, 3.63) is 221 Å². The summed E-state index contributed by atoms with van der Waals surface area (Å²) < 4.78 is 189. The lowest BCUT2D eigenvalue weighted by Gasteiger charge is -2.32. The lowest BCUT2D eigenvalue weighted by molar-refractivity contribution is -0.433. The van der Waals surface area contributed by atoms with Crippen molar-refractivity contribution in [1.82, 2.24) is 40.4 Å². The number of morpholine rings is 1. The Kier molecular flexibility index (Phi) is 28.9. The summed E-state index contributed by atoms with van der Waals surface area (Å²) in [7, 11) is -22.8. The first-order chi connectivity index (χ1) is 66.8. The summed E-state index contributed by atoms with van der Waals surface area (Å²) in [5.74, 6) is -1.79. The summed E-state index contributed by atoms with van der Waals surface area (Å²) in [6, 6.07) is 43.7. The molecule has 32 nitrogen and oxygen atoms in total. The van der Waals surface area contributed by atoms with Gasteiger partial charge in [-0.25, -0.2) is 13.2 Å². The third-order valence-corrected chi connectivity index (χ3v) is 34.3. The monoisotopic (exact) mass is 2000 g/mol. The number of nitrogens with one attached hydrogen (secondary N) is 5. The standard InChI is InChI=1S/C103H115N11O21S5/c1-7-111-85-40-38-75-80(63-73(140(131,132)133-6)65-91(75)139(128,129)130)96(85)102(2,3)92(111)31-13-9-14-32-93-103(4,5)97-79-62-72(137(122,123)124)64-90(138(125,126)127)74(79)39-41-86(97)114(93)50-22-10-15-33-94(115)104-48-49-106-99(117)81(107-100(118)82(59-66-23-11-8-12-24-66)108-101(119)109-55-57-134-58-56-109)42-47-105-98(116)69-43-51-110(52-44-69)136(120,121)89-30-21-18-27-78(89)95-76-36-34-70(112-53-45-67-25-16-19-28-83(67)112)60-87(76)135-88-61-71(35-37-77(88)95)113-54-46-68-26-17-20-29-84(68)113/h9,13-14,16-21,25-32,34-41,60-66,69,81-82H,7-8,10-12,15,22-24,33,42-59H2,1-6H3,(H6-2,104,105,106,107,108,115,116,117,118,119,122,123,124,125,126,127,128,129,130)/p+2/t81-,82-/m0/s1. The van der Waals surface area contributed by atoms with Crippen molar-refractivity contribution < 1.29 is 97.6 Å². The summed E-state index contributed by atoms with van der Waals surface area (Å²) in [5, 5.41) is 16.8. The number of fused-ring (bicyclic) bond motifs is 10. The number of para-hydroxylation sites is 2. The van der Waals surface area contributed by atoms with Gasteiger partial charge in [-0.15, -0.1) is 0 Å². The van der Waals surface area contributed by atoms with Crippen molar-refractivity contribution >= 4 is 147 Å². The molecule has 6 amide bonds. The second kappa shape index (κ2) is 40.6. The lowest BCUT2D eigenvalue weighted by atomic mass is 9.79. The minimum atomic E-state index is -5.08. The number of urea groups is 1. The topological polar surface area (TPSA) is 427 Å². The molecule has 37 heteroatoms. The Hall–Kier alpha value is -11.9. The fraction of sp³-hybridized carbons (Fsp3) is 0.388. The van der Waals surface area contributed by atoms with Crippen LogP contribution < -0.4 is 46.3 Å². The van der Waals surface area contributed by atoms with E-state index in [1.165, 1.54) is 39.7 Å². The highest BCUT2D eigenvalue weighted by molar-refractivity contribution is 7.89. The molecule has 0 bridgehead atoms. The van der Waals surface area contributed by atoms with Crippen molar-refractivity contribution in [3.8, 4) is 22.5 Å². The number of nitrogens with zero attached hydrogens (tertiary/aromatic N) is 6. The summed E-state index contributed by atoms with van der Waals surface area (Å²) in [4.78, 5) is 74.8. The SMILES string of the molecule is CC[N+]1=C(/C=C/C=C/C=C2\N(CCCCCC(=O)NCCNC(=O)[C@H](CCNC(=O)C3CCN(S(=O)(=O)c4ccccc4-c4c5ccc(=[N+]6CCc7ccccc76)cc-5oc5cc(N6CCc7ccccc76)ccc45)CC3)NC(=O)[C@H](CC3CCCCC3)NC(=O)N3CCOCC3)c3ccc4c(S(=O)(=O)O)cc(S(=O)(=O)O)cc4c3C2(C)C)C(C)(C)c2c1ccc1c(S(=O)(=O)O)cc(S(=O)(=O)OC)cc21. The molecule has 8 N–H and O–H groups in total. The predicted molar refractivity (Wildman–Crippen MR) is 534 cm³/mol. The number of amides is 6. The maximum Gasteiger partial charge on any atom is 0.318 e. The maximum atomic E-state index is 15.4. The largest absolute Gasteiger partial charge is 0.456 e. The Bertz CT molecular complexity index is 7420. The second-order valence-electron chi connectivity index (χ2n) is 37.8. The molecular weight excluding hydrogens is 1890 g/mol. The van der Waals surface area contributed by atoms with Gasteiger partial charge in [0.05, 0.1) is 46.5 Å². The molecule has 17 rings (SSSR count). The van der Waals surface area contributed by atoms with Crippen LogP contribution in [0.15, 0.2) is 223 Å². The van der Waals surface area contributed by atoms with Crippen molar-refractivity contribution in [2.24, 2.45) is 11.8 Å². The molecule has 0 aromatic heterocycles. The van der Waals surface area contributed by atoms with Crippen LogP contribution >= 0.6 is 0 Å².